The molecule has 356 valence electrons. The van der Waals surface area contributed by atoms with Crippen molar-refractivity contribution in [3.63, 3.8) is 0 Å². The Kier molecular flexibility index (Phi) is 12.8. The van der Waals surface area contributed by atoms with Gasteiger partial charge < -0.3 is 83.9 Å². The summed E-state index contributed by atoms with van der Waals surface area (Å²) in [6, 6.07) is 0. The molecule has 9 fully saturated rings. The molecule has 4 saturated carbocycles. The van der Waals surface area contributed by atoms with Crippen molar-refractivity contribution in [3.8, 4) is 0 Å². The van der Waals surface area contributed by atoms with Gasteiger partial charge in [-0.2, -0.15) is 0 Å². The second-order valence-electron chi connectivity index (χ2n) is 21.6. The molecule has 0 aromatic heterocycles. The van der Waals surface area contributed by atoms with Crippen LogP contribution in [0.5, 0.6) is 0 Å². The van der Waals surface area contributed by atoms with Crippen LogP contribution in [0.4, 0.5) is 0 Å². The summed E-state index contributed by atoms with van der Waals surface area (Å²) < 4.78 is 50.0. The Hall–Kier alpha value is -0.680. The second kappa shape index (κ2) is 17.1. The molecular weight excluding hydrogens is 812 g/mol. The van der Waals surface area contributed by atoms with E-state index in [1.807, 2.05) is 0 Å². The summed E-state index contributed by atoms with van der Waals surface area (Å²) in [5, 5.41) is 98.1. The molecule has 28 atom stereocenters. The largest absolute Gasteiger partial charge is 0.394 e. The van der Waals surface area contributed by atoms with Crippen molar-refractivity contribution < 1.29 is 83.9 Å². The molecule has 9 N–H and O–H groups in total. The maximum atomic E-state index is 12.2. The van der Waals surface area contributed by atoms with E-state index in [1.165, 1.54) is 13.8 Å². The summed E-state index contributed by atoms with van der Waals surface area (Å²) in [4.78, 5) is 0. The third-order valence-corrected chi connectivity index (χ3v) is 18.2. The molecule has 0 radical (unpaired) electrons. The zero-order valence-corrected chi connectivity index (χ0v) is 37.0. The molecule has 0 amide bonds. The number of hydrogen-bond acceptors (Lipinski definition) is 17. The van der Waals surface area contributed by atoms with Gasteiger partial charge in [0.1, 0.15) is 61.0 Å². The first-order chi connectivity index (χ1) is 29.3. The van der Waals surface area contributed by atoms with Gasteiger partial charge in [0, 0.05) is 12.3 Å². The van der Waals surface area contributed by atoms with Gasteiger partial charge in [-0.05, 0) is 112 Å². The zero-order valence-electron chi connectivity index (χ0n) is 37.0. The average Bonchev–Trinajstić information content (AvgIpc) is 3.69. The zero-order chi connectivity index (χ0) is 44.4. The Labute approximate surface area is 364 Å². The van der Waals surface area contributed by atoms with Gasteiger partial charge in [0.15, 0.2) is 24.7 Å². The average molecular weight is 887 g/mol. The topological polar surface area (TPSA) is 256 Å². The Morgan fingerprint density at radius 2 is 1.21 bits per heavy atom. The van der Waals surface area contributed by atoms with Crippen molar-refractivity contribution >= 4 is 0 Å². The molecule has 7 unspecified atom stereocenters. The van der Waals surface area contributed by atoms with Crippen LogP contribution in [-0.4, -0.2) is 175 Å². The van der Waals surface area contributed by atoms with E-state index in [9.17, 15) is 46.0 Å². The lowest BCUT2D eigenvalue weighted by Crippen LogP contribution is -2.66. The minimum atomic E-state index is -1.73. The number of fused-ring (bicyclic) bond motifs is 7. The van der Waals surface area contributed by atoms with Crippen LogP contribution < -0.4 is 0 Å². The van der Waals surface area contributed by atoms with E-state index >= 15 is 0 Å². The van der Waals surface area contributed by atoms with Gasteiger partial charge in [-0.1, -0.05) is 27.7 Å². The number of aliphatic hydroxyl groups excluding tert-OH is 9. The fraction of sp³-hybridized carbons (Fsp3) is 1.00. The van der Waals surface area contributed by atoms with E-state index in [2.05, 4.69) is 27.7 Å². The highest BCUT2D eigenvalue weighted by molar-refractivity contribution is 5.16. The van der Waals surface area contributed by atoms with Gasteiger partial charge in [0.25, 0.3) is 0 Å². The van der Waals surface area contributed by atoms with Crippen molar-refractivity contribution in [2.45, 2.75) is 216 Å². The molecule has 1 spiro atoms. The molecule has 4 aliphatic carbocycles. The fourth-order valence-electron chi connectivity index (χ4n) is 14.6. The fourth-order valence-corrected chi connectivity index (χ4v) is 14.6. The first kappa shape index (κ1) is 46.4. The summed E-state index contributed by atoms with van der Waals surface area (Å²) in [5.74, 6) is 1.92. The summed E-state index contributed by atoms with van der Waals surface area (Å²) >= 11 is 0. The highest BCUT2D eigenvalue weighted by atomic mass is 16.8. The number of rotatable bonds is 7. The lowest BCUT2D eigenvalue weighted by molar-refractivity contribution is -0.389. The SMILES string of the molecule is CC1CCC2(OC1)OC1CC3C4C[C@H](O)[C@H]5C[C@@H](O[C@@H]6O[C@H](CO)[C@@H](O[C@@H]7O[C@@H](C)[C@H](O)[C@@H](O)[C@H]7O)[C@H](O)[C@H]6O[C@@H]6O[C@@H](C)[C@H](O)[C@@H](O)[C@H]6O)CC[C@]5(C)C4CC[C@]3(C)C1[C@@H]2C. The molecule has 5 heterocycles. The molecule has 0 aromatic rings. The standard InChI is InChI=1S/C45H74O17/c1-18-7-12-45(55-17-18)19(2)30-28(62-45)15-25-23-14-27(47)26-13-22(8-10-43(26,5)24(23)9-11-44(25,30)6)58-42-39(61-41-36(53)34(51)32(49)21(4)57-41)37(54)38(29(16-46)59-42)60-40-35(52)33(50)31(48)20(3)56-40/h18-42,46-54H,7-17H2,1-6H3/t18?,19-,20-,21-,22-,23?,24?,25?,26+,27-,28?,29+,30?,31-,32-,33+,34+,35+,36+,37-,38+,39+,40-,41-,42+,43+,44-,45?/m0/s1. The predicted molar refractivity (Wildman–Crippen MR) is 214 cm³/mol. The minimum Gasteiger partial charge on any atom is -0.394 e. The maximum absolute atomic E-state index is 12.2. The predicted octanol–water partition coefficient (Wildman–Crippen LogP) is 0.292. The number of aliphatic hydroxyl groups is 9. The van der Waals surface area contributed by atoms with E-state index in [4.69, 9.17) is 37.9 Å². The van der Waals surface area contributed by atoms with Gasteiger partial charge in [-0.3, -0.25) is 0 Å². The number of hydrogen-bond donors (Lipinski definition) is 9. The summed E-state index contributed by atoms with van der Waals surface area (Å²) in [7, 11) is 0. The monoisotopic (exact) mass is 886 g/mol. The van der Waals surface area contributed by atoms with Crippen LogP contribution in [0.25, 0.3) is 0 Å². The van der Waals surface area contributed by atoms with Gasteiger partial charge in [0.2, 0.25) is 0 Å². The second-order valence-corrected chi connectivity index (χ2v) is 21.6. The van der Waals surface area contributed by atoms with Crippen LogP contribution >= 0.6 is 0 Å². The van der Waals surface area contributed by atoms with E-state index in [1.54, 1.807) is 0 Å². The lowest BCUT2D eigenvalue weighted by atomic mass is 9.43. The highest BCUT2D eigenvalue weighted by Crippen LogP contribution is 2.71. The Morgan fingerprint density at radius 3 is 1.82 bits per heavy atom. The lowest BCUT2D eigenvalue weighted by Gasteiger charge is -2.62. The Bertz CT molecular complexity index is 1570. The third kappa shape index (κ3) is 7.47. The van der Waals surface area contributed by atoms with Crippen molar-refractivity contribution in [2.75, 3.05) is 13.2 Å². The number of ether oxygens (including phenoxy) is 8. The van der Waals surface area contributed by atoms with Crippen LogP contribution in [0.3, 0.4) is 0 Å². The molecule has 5 saturated heterocycles. The quantitative estimate of drug-likeness (QED) is 0.156. The molecule has 17 heteroatoms. The molecule has 9 rings (SSSR count). The maximum Gasteiger partial charge on any atom is 0.187 e. The van der Waals surface area contributed by atoms with Crippen LogP contribution in [0, 0.1) is 52.3 Å². The summed E-state index contributed by atoms with van der Waals surface area (Å²) in [6.45, 7) is 12.5. The van der Waals surface area contributed by atoms with Gasteiger partial charge in [-0.15, -0.1) is 0 Å². The van der Waals surface area contributed by atoms with E-state index < -0.39 is 117 Å². The first-order valence-corrected chi connectivity index (χ1v) is 23.6. The van der Waals surface area contributed by atoms with E-state index in [-0.39, 0.29) is 22.9 Å². The van der Waals surface area contributed by atoms with Crippen LogP contribution in [-0.2, 0) is 37.9 Å². The molecule has 0 aromatic carbocycles. The molecule has 62 heavy (non-hydrogen) atoms. The molecule has 5 aliphatic heterocycles. The van der Waals surface area contributed by atoms with Crippen molar-refractivity contribution in [3.05, 3.63) is 0 Å². The summed E-state index contributed by atoms with van der Waals surface area (Å²) in [5.41, 5.74) is -0.0539. The van der Waals surface area contributed by atoms with Crippen molar-refractivity contribution in [1.82, 2.24) is 0 Å². The minimum absolute atomic E-state index is 0.0869. The van der Waals surface area contributed by atoms with Crippen LogP contribution in [0.15, 0.2) is 0 Å². The van der Waals surface area contributed by atoms with Crippen molar-refractivity contribution in [2.24, 2.45) is 52.3 Å². The van der Waals surface area contributed by atoms with Crippen LogP contribution in [0.1, 0.15) is 99.3 Å². The Morgan fingerprint density at radius 1 is 0.581 bits per heavy atom. The van der Waals surface area contributed by atoms with E-state index in [0.29, 0.717) is 54.8 Å². The smallest absolute Gasteiger partial charge is 0.187 e. The molecular formula is C45H74O17. The van der Waals surface area contributed by atoms with Gasteiger partial charge in [-0.25, -0.2) is 0 Å². The summed E-state index contributed by atoms with van der Waals surface area (Å²) in [6.07, 6.45) is -14.9. The van der Waals surface area contributed by atoms with Gasteiger partial charge in [0.05, 0.1) is 43.7 Å². The molecule has 17 nitrogen and oxygen atoms in total. The molecule has 0 bridgehead atoms. The first-order valence-electron chi connectivity index (χ1n) is 23.6. The molecule has 9 aliphatic rings. The highest BCUT2D eigenvalue weighted by Gasteiger charge is 2.70. The van der Waals surface area contributed by atoms with Gasteiger partial charge >= 0.3 is 0 Å². The normalized spacial score (nSPS) is 60.1. The van der Waals surface area contributed by atoms with E-state index in [0.717, 1.165) is 45.1 Å². The van der Waals surface area contributed by atoms with Crippen LogP contribution in [0.2, 0.25) is 0 Å². The van der Waals surface area contributed by atoms with Crippen molar-refractivity contribution in [1.29, 1.82) is 0 Å². The third-order valence-electron chi connectivity index (χ3n) is 18.2. The Balaban J connectivity index is 0.913.